The Bertz CT molecular complexity index is 416. The maximum absolute atomic E-state index is 4.42. The van der Waals surface area contributed by atoms with E-state index in [0.717, 1.165) is 38.4 Å². The van der Waals surface area contributed by atoms with Gasteiger partial charge in [0, 0.05) is 43.6 Å². The highest BCUT2D eigenvalue weighted by atomic mass is 15.3. The second-order valence-electron chi connectivity index (χ2n) is 5.94. The first kappa shape index (κ1) is 14.3. The summed E-state index contributed by atoms with van der Waals surface area (Å²) in [7, 11) is 2.21. The Kier molecular flexibility index (Phi) is 4.42. The zero-order chi connectivity index (χ0) is 13.9. The van der Waals surface area contributed by atoms with Gasteiger partial charge in [-0.1, -0.05) is 6.92 Å². The average molecular weight is 262 g/mol. The van der Waals surface area contributed by atoms with Crippen molar-refractivity contribution in [3.8, 4) is 0 Å². The Hall–Kier alpha value is -1.13. The lowest BCUT2D eigenvalue weighted by Gasteiger charge is -2.46. The Morgan fingerprint density at radius 1 is 1.37 bits per heavy atom. The maximum Gasteiger partial charge on any atom is 0.0562 e. The molecule has 2 rings (SSSR count). The fourth-order valence-corrected chi connectivity index (χ4v) is 2.47. The van der Waals surface area contributed by atoms with Crippen molar-refractivity contribution in [1.82, 2.24) is 15.2 Å². The second-order valence-corrected chi connectivity index (χ2v) is 5.94. The van der Waals surface area contributed by atoms with Crippen molar-refractivity contribution >= 4 is 5.69 Å². The summed E-state index contributed by atoms with van der Waals surface area (Å²) < 4.78 is 0. The number of anilines is 1. The molecule has 4 nitrogen and oxygen atoms in total. The number of piperazine rings is 1. The minimum absolute atomic E-state index is 0.226. The van der Waals surface area contributed by atoms with Gasteiger partial charge in [-0.2, -0.15) is 0 Å². The summed E-state index contributed by atoms with van der Waals surface area (Å²) in [6.45, 7) is 11.8. The maximum atomic E-state index is 4.42. The molecule has 1 fully saturated rings. The van der Waals surface area contributed by atoms with Crippen molar-refractivity contribution in [3.63, 3.8) is 0 Å². The van der Waals surface area contributed by atoms with E-state index in [1.54, 1.807) is 0 Å². The summed E-state index contributed by atoms with van der Waals surface area (Å²) in [6.07, 6.45) is 1.92. The van der Waals surface area contributed by atoms with Gasteiger partial charge in [-0.3, -0.25) is 9.88 Å². The van der Waals surface area contributed by atoms with Crippen molar-refractivity contribution in [2.24, 2.45) is 0 Å². The fraction of sp³-hybridized carbons (Fsp3) is 0.667. The Morgan fingerprint density at radius 2 is 2.16 bits per heavy atom. The molecular formula is C15H26N4. The van der Waals surface area contributed by atoms with Crippen LogP contribution in [-0.2, 0) is 6.54 Å². The molecule has 0 unspecified atom stereocenters. The fourth-order valence-electron chi connectivity index (χ4n) is 2.47. The van der Waals surface area contributed by atoms with Crippen LogP contribution in [0.25, 0.3) is 0 Å². The third-order valence-corrected chi connectivity index (χ3v) is 4.04. The molecule has 4 heteroatoms. The molecule has 0 aromatic carbocycles. The Morgan fingerprint density at radius 3 is 2.84 bits per heavy atom. The van der Waals surface area contributed by atoms with Crippen LogP contribution in [0.3, 0.4) is 0 Å². The van der Waals surface area contributed by atoms with E-state index in [2.05, 4.69) is 60.1 Å². The third-order valence-electron chi connectivity index (χ3n) is 4.04. The molecule has 0 radical (unpaired) electrons. The van der Waals surface area contributed by atoms with Gasteiger partial charge in [-0.25, -0.2) is 0 Å². The first-order valence-corrected chi connectivity index (χ1v) is 7.15. The lowest BCUT2D eigenvalue weighted by Crippen LogP contribution is -2.57. The van der Waals surface area contributed by atoms with Crippen molar-refractivity contribution in [2.45, 2.75) is 32.9 Å². The lowest BCUT2D eigenvalue weighted by atomic mass is 9.99. The number of hydrogen-bond donors (Lipinski definition) is 1. The summed E-state index contributed by atoms with van der Waals surface area (Å²) in [5, 5.41) is 3.33. The average Bonchev–Trinajstić information content (AvgIpc) is 2.40. The van der Waals surface area contributed by atoms with Crippen molar-refractivity contribution in [2.75, 3.05) is 38.1 Å². The monoisotopic (exact) mass is 262 g/mol. The summed E-state index contributed by atoms with van der Waals surface area (Å²) in [6, 6.07) is 4.33. The minimum Gasteiger partial charge on any atom is -0.368 e. The van der Waals surface area contributed by atoms with E-state index < -0.39 is 0 Å². The highest BCUT2D eigenvalue weighted by Crippen LogP contribution is 2.24. The molecule has 0 amide bonds. The third kappa shape index (κ3) is 3.45. The Labute approximate surface area is 116 Å². The van der Waals surface area contributed by atoms with Crippen LogP contribution in [0.1, 0.15) is 26.5 Å². The molecule has 1 saturated heterocycles. The van der Waals surface area contributed by atoms with Gasteiger partial charge in [0.1, 0.15) is 0 Å². The second kappa shape index (κ2) is 5.88. The molecule has 1 aliphatic heterocycles. The first-order valence-electron chi connectivity index (χ1n) is 7.15. The van der Waals surface area contributed by atoms with E-state index in [4.69, 9.17) is 0 Å². The summed E-state index contributed by atoms with van der Waals surface area (Å²) >= 11 is 0. The predicted octanol–water partition coefficient (Wildman–Crippen LogP) is 1.72. The van der Waals surface area contributed by atoms with Gasteiger partial charge in [-0.05, 0) is 39.6 Å². The van der Waals surface area contributed by atoms with Crippen molar-refractivity contribution in [3.05, 3.63) is 24.0 Å². The molecule has 0 saturated carbocycles. The smallest absolute Gasteiger partial charge is 0.0562 e. The van der Waals surface area contributed by atoms with Gasteiger partial charge < -0.3 is 10.2 Å². The molecule has 19 heavy (non-hydrogen) atoms. The zero-order valence-electron chi connectivity index (χ0n) is 12.6. The van der Waals surface area contributed by atoms with Crippen molar-refractivity contribution < 1.29 is 0 Å². The summed E-state index contributed by atoms with van der Waals surface area (Å²) in [5.74, 6) is 0. The molecule has 0 aliphatic carbocycles. The van der Waals surface area contributed by atoms with Gasteiger partial charge in [0.25, 0.3) is 0 Å². The molecule has 106 valence electrons. The van der Waals surface area contributed by atoms with Crippen LogP contribution in [-0.4, -0.2) is 48.6 Å². The molecule has 2 heterocycles. The number of nitrogens with one attached hydrogen (secondary N) is 1. The summed E-state index contributed by atoms with van der Waals surface area (Å²) in [4.78, 5) is 9.33. The normalized spacial score (nSPS) is 19.7. The molecule has 1 aromatic rings. The van der Waals surface area contributed by atoms with Crippen LogP contribution in [0, 0.1) is 0 Å². The standard InChI is InChI=1S/C15H26N4/c1-5-16-11-13-10-14(6-7-17-13)19-9-8-18(4)15(2,3)12-19/h6-7,10,16H,5,8-9,11-12H2,1-4H3. The topological polar surface area (TPSA) is 31.4 Å². The van der Waals surface area contributed by atoms with Gasteiger partial charge in [0.2, 0.25) is 0 Å². The molecule has 0 spiro atoms. The van der Waals surface area contributed by atoms with Crippen LogP contribution in [0.15, 0.2) is 18.3 Å². The quantitative estimate of drug-likeness (QED) is 0.895. The Balaban J connectivity index is 2.09. The number of aromatic nitrogens is 1. The molecule has 1 aliphatic rings. The van der Waals surface area contributed by atoms with E-state index in [-0.39, 0.29) is 5.54 Å². The van der Waals surface area contributed by atoms with E-state index in [0.29, 0.717) is 0 Å². The zero-order valence-corrected chi connectivity index (χ0v) is 12.6. The molecule has 1 aromatic heterocycles. The van der Waals surface area contributed by atoms with Gasteiger partial charge >= 0.3 is 0 Å². The van der Waals surface area contributed by atoms with Gasteiger partial charge in [0.05, 0.1) is 5.69 Å². The van der Waals surface area contributed by atoms with E-state index >= 15 is 0 Å². The van der Waals surface area contributed by atoms with Gasteiger partial charge in [-0.15, -0.1) is 0 Å². The highest BCUT2D eigenvalue weighted by molar-refractivity contribution is 5.47. The predicted molar refractivity (Wildman–Crippen MR) is 80.5 cm³/mol. The lowest BCUT2D eigenvalue weighted by molar-refractivity contribution is 0.139. The first-order chi connectivity index (χ1) is 9.03. The van der Waals surface area contributed by atoms with Crippen LogP contribution in [0.4, 0.5) is 5.69 Å². The SMILES string of the molecule is CCNCc1cc(N2CCN(C)C(C)(C)C2)ccn1. The molecular weight excluding hydrogens is 236 g/mol. The van der Waals surface area contributed by atoms with Crippen LogP contribution >= 0.6 is 0 Å². The molecule has 1 N–H and O–H groups in total. The minimum atomic E-state index is 0.226. The van der Waals surface area contributed by atoms with Gasteiger partial charge in [0.15, 0.2) is 0 Å². The van der Waals surface area contributed by atoms with E-state index in [1.165, 1.54) is 5.69 Å². The van der Waals surface area contributed by atoms with Crippen LogP contribution < -0.4 is 10.2 Å². The van der Waals surface area contributed by atoms with E-state index in [9.17, 15) is 0 Å². The number of hydrogen-bond acceptors (Lipinski definition) is 4. The summed E-state index contributed by atoms with van der Waals surface area (Å²) in [5.41, 5.74) is 2.64. The highest BCUT2D eigenvalue weighted by Gasteiger charge is 2.31. The number of pyridine rings is 1. The molecule has 0 bridgehead atoms. The molecule has 0 atom stereocenters. The largest absolute Gasteiger partial charge is 0.368 e. The van der Waals surface area contributed by atoms with E-state index in [1.807, 2.05) is 6.20 Å². The van der Waals surface area contributed by atoms with Crippen LogP contribution in [0.5, 0.6) is 0 Å². The van der Waals surface area contributed by atoms with Crippen LogP contribution in [0.2, 0.25) is 0 Å². The number of rotatable bonds is 4. The van der Waals surface area contributed by atoms with Crippen molar-refractivity contribution in [1.29, 1.82) is 0 Å². The number of likely N-dealkylation sites (N-methyl/N-ethyl adjacent to an activating group) is 1. The number of nitrogens with zero attached hydrogens (tertiary/aromatic N) is 3.